The van der Waals surface area contributed by atoms with Gasteiger partial charge in [0.25, 0.3) is 5.56 Å². The zero-order valence-electron chi connectivity index (χ0n) is 12.4. The van der Waals surface area contributed by atoms with Crippen LogP contribution in [0.25, 0.3) is 32.9 Å². The zero-order valence-corrected chi connectivity index (χ0v) is 13.2. The third-order valence-corrected chi connectivity index (χ3v) is 4.31. The van der Waals surface area contributed by atoms with E-state index in [0.717, 1.165) is 33.1 Å². The van der Waals surface area contributed by atoms with Gasteiger partial charge in [-0.05, 0) is 48.7 Å². The van der Waals surface area contributed by atoms with Gasteiger partial charge in [0.05, 0.1) is 10.7 Å². The molecule has 0 saturated heterocycles. The predicted molar refractivity (Wildman–Crippen MR) is 95.1 cm³/mol. The van der Waals surface area contributed by atoms with E-state index >= 15 is 0 Å². The highest BCUT2D eigenvalue weighted by Crippen LogP contribution is 2.30. The molecule has 1 N–H and O–H groups in total. The molecule has 2 aromatic heterocycles. The van der Waals surface area contributed by atoms with Crippen molar-refractivity contribution in [3.05, 3.63) is 75.7 Å². The third-order valence-electron chi connectivity index (χ3n) is 4.01. The van der Waals surface area contributed by atoms with Gasteiger partial charge in [-0.1, -0.05) is 29.3 Å². The van der Waals surface area contributed by atoms with Gasteiger partial charge in [0.2, 0.25) is 0 Å². The summed E-state index contributed by atoms with van der Waals surface area (Å²) in [5, 5.41) is 3.19. The first-order valence-corrected chi connectivity index (χ1v) is 7.68. The fourth-order valence-corrected chi connectivity index (χ4v) is 3.12. The molecular formula is C19H13ClN2O. The van der Waals surface area contributed by atoms with Crippen molar-refractivity contribution in [1.29, 1.82) is 0 Å². The largest absolute Gasteiger partial charge is 0.321 e. The number of aromatic nitrogens is 2. The SMILES string of the molecule is Cc1ccc2[nH]c(=O)c3ccc(-c4ncccc4Cl)cc3c2c1. The second-order valence-electron chi connectivity index (χ2n) is 5.60. The van der Waals surface area contributed by atoms with E-state index in [2.05, 4.69) is 16.0 Å². The fourth-order valence-electron chi connectivity index (χ4n) is 2.89. The van der Waals surface area contributed by atoms with Crippen molar-refractivity contribution in [2.75, 3.05) is 0 Å². The second kappa shape index (κ2) is 5.21. The first-order chi connectivity index (χ1) is 11.1. The number of aryl methyl sites for hydroxylation is 1. The van der Waals surface area contributed by atoms with E-state index in [1.54, 1.807) is 12.3 Å². The van der Waals surface area contributed by atoms with Crippen molar-refractivity contribution in [2.45, 2.75) is 6.92 Å². The Morgan fingerprint density at radius 2 is 1.87 bits per heavy atom. The Bertz CT molecular complexity index is 1120. The maximum atomic E-state index is 12.3. The van der Waals surface area contributed by atoms with E-state index in [1.807, 2.05) is 43.3 Å². The fraction of sp³-hybridized carbons (Fsp3) is 0.0526. The number of benzene rings is 2. The van der Waals surface area contributed by atoms with Gasteiger partial charge < -0.3 is 4.98 Å². The van der Waals surface area contributed by atoms with Crippen molar-refractivity contribution >= 4 is 33.3 Å². The maximum Gasteiger partial charge on any atom is 0.256 e. The molecule has 0 amide bonds. The van der Waals surface area contributed by atoms with Crippen LogP contribution in [0.1, 0.15) is 5.56 Å². The molecule has 0 bridgehead atoms. The van der Waals surface area contributed by atoms with Crippen LogP contribution in [0.3, 0.4) is 0 Å². The van der Waals surface area contributed by atoms with Crippen molar-refractivity contribution in [2.24, 2.45) is 0 Å². The molecule has 0 radical (unpaired) electrons. The Labute approximate surface area is 137 Å². The molecule has 4 aromatic rings. The Kier molecular flexibility index (Phi) is 3.17. The monoisotopic (exact) mass is 320 g/mol. The highest BCUT2D eigenvalue weighted by molar-refractivity contribution is 6.33. The summed E-state index contributed by atoms with van der Waals surface area (Å²) in [6.07, 6.45) is 1.71. The van der Waals surface area contributed by atoms with Crippen molar-refractivity contribution in [3.63, 3.8) is 0 Å². The first kappa shape index (κ1) is 14.0. The molecule has 4 rings (SSSR count). The Morgan fingerprint density at radius 1 is 1.00 bits per heavy atom. The summed E-state index contributed by atoms with van der Waals surface area (Å²) in [7, 11) is 0. The highest BCUT2D eigenvalue weighted by Gasteiger charge is 2.09. The van der Waals surface area contributed by atoms with Crippen molar-refractivity contribution < 1.29 is 0 Å². The number of pyridine rings is 2. The van der Waals surface area contributed by atoms with Crippen LogP contribution >= 0.6 is 11.6 Å². The standard InChI is InChI=1S/C19H13ClN2O/c1-11-4-7-17-15(9-11)14-10-12(5-6-13(14)19(23)22-17)18-16(20)3-2-8-21-18/h2-10H,1H3,(H,22,23). The van der Waals surface area contributed by atoms with Crippen LogP contribution in [0.5, 0.6) is 0 Å². The lowest BCUT2D eigenvalue weighted by atomic mass is 10.0. The Morgan fingerprint density at radius 3 is 2.70 bits per heavy atom. The first-order valence-electron chi connectivity index (χ1n) is 7.31. The number of fused-ring (bicyclic) bond motifs is 3. The second-order valence-corrected chi connectivity index (χ2v) is 6.00. The predicted octanol–water partition coefficient (Wildman–Crippen LogP) is 4.71. The van der Waals surface area contributed by atoms with Crippen molar-refractivity contribution in [3.8, 4) is 11.3 Å². The molecule has 3 nitrogen and oxygen atoms in total. The summed E-state index contributed by atoms with van der Waals surface area (Å²) >= 11 is 6.25. The number of hydrogen-bond acceptors (Lipinski definition) is 2. The minimum absolute atomic E-state index is 0.0879. The lowest BCUT2D eigenvalue weighted by Gasteiger charge is -2.08. The van der Waals surface area contributed by atoms with E-state index in [4.69, 9.17) is 11.6 Å². The van der Waals surface area contributed by atoms with E-state index in [1.165, 1.54) is 0 Å². The van der Waals surface area contributed by atoms with Gasteiger partial charge in [0.15, 0.2) is 0 Å². The molecule has 0 aliphatic heterocycles. The molecule has 0 fully saturated rings. The molecule has 2 heterocycles. The van der Waals surface area contributed by atoms with Crippen LogP contribution < -0.4 is 5.56 Å². The number of aromatic amines is 1. The van der Waals surface area contributed by atoms with E-state index in [9.17, 15) is 4.79 Å². The van der Waals surface area contributed by atoms with Crippen LogP contribution in [0.2, 0.25) is 5.02 Å². The van der Waals surface area contributed by atoms with Crippen LogP contribution in [-0.2, 0) is 0 Å². The summed E-state index contributed by atoms with van der Waals surface area (Å²) in [5.74, 6) is 0. The van der Waals surface area contributed by atoms with Gasteiger partial charge >= 0.3 is 0 Å². The maximum absolute atomic E-state index is 12.3. The molecule has 23 heavy (non-hydrogen) atoms. The van der Waals surface area contributed by atoms with Gasteiger partial charge in [-0.25, -0.2) is 0 Å². The topological polar surface area (TPSA) is 45.8 Å². The molecule has 0 unspecified atom stereocenters. The molecule has 2 aromatic carbocycles. The van der Waals surface area contributed by atoms with E-state index in [0.29, 0.717) is 10.4 Å². The summed E-state index contributed by atoms with van der Waals surface area (Å²) in [6, 6.07) is 15.3. The molecule has 4 heteroatoms. The normalized spacial score (nSPS) is 11.2. The summed E-state index contributed by atoms with van der Waals surface area (Å²) in [5.41, 5.74) is 3.51. The average Bonchev–Trinajstić information content (AvgIpc) is 2.56. The summed E-state index contributed by atoms with van der Waals surface area (Å²) < 4.78 is 0. The molecule has 0 aliphatic rings. The van der Waals surface area contributed by atoms with Crippen molar-refractivity contribution in [1.82, 2.24) is 9.97 Å². The minimum atomic E-state index is -0.0879. The average molecular weight is 321 g/mol. The molecular weight excluding hydrogens is 308 g/mol. The number of hydrogen-bond donors (Lipinski definition) is 1. The quantitative estimate of drug-likeness (QED) is 0.516. The molecule has 112 valence electrons. The van der Waals surface area contributed by atoms with Gasteiger partial charge in [-0.15, -0.1) is 0 Å². The number of nitrogens with one attached hydrogen (secondary N) is 1. The summed E-state index contributed by atoms with van der Waals surface area (Å²) in [4.78, 5) is 19.6. The van der Waals surface area contributed by atoms with E-state index in [-0.39, 0.29) is 5.56 Å². The molecule has 0 aliphatic carbocycles. The van der Waals surface area contributed by atoms with Gasteiger partial charge in [0.1, 0.15) is 0 Å². The Balaban J connectivity index is 2.12. The van der Waals surface area contributed by atoms with E-state index < -0.39 is 0 Å². The third kappa shape index (κ3) is 2.30. The number of rotatable bonds is 1. The van der Waals surface area contributed by atoms with Crippen LogP contribution in [0.4, 0.5) is 0 Å². The Hall–Kier alpha value is -2.65. The summed E-state index contributed by atoms with van der Waals surface area (Å²) in [6.45, 7) is 2.04. The lowest BCUT2D eigenvalue weighted by molar-refractivity contribution is 1.32. The minimum Gasteiger partial charge on any atom is -0.321 e. The lowest BCUT2D eigenvalue weighted by Crippen LogP contribution is -2.06. The van der Waals surface area contributed by atoms with Gasteiger partial charge in [0, 0.05) is 28.0 Å². The molecule has 0 atom stereocenters. The molecule has 0 spiro atoms. The van der Waals surface area contributed by atoms with Gasteiger partial charge in [-0.3, -0.25) is 9.78 Å². The number of H-pyrrole nitrogens is 1. The van der Waals surface area contributed by atoms with Gasteiger partial charge in [-0.2, -0.15) is 0 Å². The van der Waals surface area contributed by atoms with Crippen LogP contribution in [0, 0.1) is 6.92 Å². The molecule has 0 saturated carbocycles. The highest BCUT2D eigenvalue weighted by atomic mass is 35.5. The number of halogens is 1. The van der Waals surface area contributed by atoms with Crippen LogP contribution in [-0.4, -0.2) is 9.97 Å². The van der Waals surface area contributed by atoms with Crippen LogP contribution in [0.15, 0.2) is 59.5 Å². The zero-order chi connectivity index (χ0) is 16.0. The number of nitrogens with zero attached hydrogens (tertiary/aromatic N) is 1. The smallest absolute Gasteiger partial charge is 0.256 e.